The Hall–Kier alpha value is 1.14. The largest absolute Gasteiger partial charge is 0.143 e. The molecule has 0 aliphatic rings. The monoisotopic (exact) mass is 352 g/mol. The zero-order valence-corrected chi connectivity index (χ0v) is 16.9. The second-order valence-corrected chi connectivity index (χ2v) is 10.2. The first kappa shape index (κ1) is 21.1. The molecule has 0 N–H and O–H groups in total. The SMILES string of the molecule is CCCSC(/C=C/C(SCCC)SCCC)SCCC. The molecule has 0 radical (unpaired) electrons. The average molecular weight is 353 g/mol. The molecule has 120 valence electrons. The minimum atomic E-state index is 0.654. The number of rotatable bonds is 14. The van der Waals surface area contributed by atoms with Crippen molar-refractivity contribution in [3.8, 4) is 0 Å². The van der Waals surface area contributed by atoms with Crippen LogP contribution in [0.15, 0.2) is 12.2 Å². The van der Waals surface area contributed by atoms with E-state index in [1.165, 1.54) is 48.7 Å². The smallest absolute Gasteiger partial charge is 0.0682 e. The second-order valence-electron chi connectivity index (χ2n) is 4.60. The fourth-order valence-electron chi connectivity index (χ4n) is 1.44. The van der Waals surface area contributed by atoms with E-state index in [1.807, 2.05) is 0 Å². The molecular formula is C16H32S4. The average Bonchev–Trinajstić information content (AvgIpc) is 2.48. The van der Waals surface area contributed by atoms with Gasteiger partial charge in [0.2, 0.25) is 0 Å². The van der Waals surface area contributed by atoms with Gasteiger partial charge in [-0.25, -0.2) is 0 Å². The van der Waals surface area contributed by atoms with Crippen LogP contribution in [0.2, 0.25) is 0 Å². The Morgan fingerprint density at radius 1 is 0.550 bits per heavy atom. The Balaban J connectivity index is 4.30. The highest BCUT2D eigenvalue weighted by Crippen LogP contribution is 2.30. The molecule has 0 aromatic carbocycles. The van der Waals surface area contributed by atoms with Gasteiger partial charge in [0.25, 0.3) is 0 Å². The van der Waals surface area contributed by atoms with Gasteiger partial charge < -0.3 is 0 Å². The molecule has 0 aromatic rings. The number of hydrogen-bond donors (Lipinski definition) is 0. The summed E-state index contributed by atoms with van der Waals surface area (Å²) in [6.45, 7) is 9.09. The molecule has 4 heteroatoms. The lowest BCUT2D eigenvalue weighted by Gasteiger charge is -2.14. The van der Waals surface area contributed by atoms with Gasteiger partial charge in [0.15, 0.2) is 0 Å². The quantitative estimate of drug-likeness (QED) is 0.250. The van der Waals surface area contributed by atoms with E-state index in [9.17, 15) is 0 Å². The van der Waals surface area contributed by atoms with Crippen molar-refractivity contribution in [3.05, 3.63) is 12.2 Å². The lowest BCUT2D eigenvalue weighted by atomic mass is 10.6. The van der Waals surface area contributed by atoms with E-state index in [1.54, 1.807) is 0 Å². The molecule has 0 unspecified atom stereocenters. The van der Waals surface area contributed by atoms with Gasteiger partial charge in [-0.3, -0.25) is 0 Å². The van der Waals surface area contributed by atoms with Gasteiger partial charge in [-0.2, -0.15) is 0 Å². The van der Waals surface area contributed by atoms with Crippen molar-refractivity contribution in [2.75, 3.05) is 23.0 Å². The van der Waals surface area contributed by atoms with Crippen molar-refractivity contribution in [3.63, 3.8) is 0 Å². The van der Waals surface area contributed by atoms with Gasteiger partial charge in [-0.1, -0.05) is 39.8 Å². The van der Waals surface area contributed by atoms with Crippen LogP contribution in [0.25, 0.3) is 0 Å². The normalized spacial score (nSPS) is 12.1. The molecule has 0 heterocycles. The molecule has 0 saturated heterocycles. The summed E-state index contributed by atoms with van der Waals surface area (Å²) < 4.78 is 1.31. The first-order valence-electron chi connectivity index (χ1n) is 7.93. The van der Waals surface area contributed by atoms with E-state index in [-0.39, 0.29) is 0 Å². The van der Waals surface area contributed by atoms with Gasteiger partial charge in [0, 0.05) is 0 Å². The third-order valence-electron chi connectivity index (χ3n) is 2.37. The minimum Gasteiger partial charge on any atom is -0.143 e. The summed E-state index contributed by atoms with van der Waals surface area (Å²) >= 11 is 8.44. The molecule has 0 bridgehead atoms. The first-order valence-corrected chi connectivity index (χ1v) is 12.1. The summed E-state index contributed by atoms with van der Waals surface area (Å²) in [7, 11) is 0. The van der Waals surface area contributed by atoms with Crippen molar-refractivity contribution in [2.24, 2.45) is 0 Å². The van der Waals surface area contributed by atoms with Crippen molar-refractivity contribution in [2.45, 2.75) is 62.5 Å². The van der Waals surface area contributed by atoms with Crippen LogP contribution in [0, 0.1) is 0 Å². The van der Waals surface area contributed by atoms with Crippen molar-refractivity contribution in [1.29, 1.82) is 0 Å². The van der Waals surface area contributed by atoms with E-state index in [2.05, 4.69) is 86.9 Å². The second kappa shape index (κ2) is 16.5. The van der Waals surface area contributed by atoms with Crippen LogP contribution in [-0.4, -0.2) is 32.2 Å². The molecule has 0 aromatic heterocycles. The lowest BCUT2D eigenvalue weighted by Crippen LogP contribution is -2.00. The Morgan fingerprint density at radius 2 is 0.800 bits per heavy atom. The van der Waals surface area contributed by atoms with Crippen LogP contribution < -0.4 is 0 Å². The maximum absolute atomic E-state index is 2.47. The van der Waals surface area contributed by atoms with Crippen molar-refractivity contribution >= 4 is 47.0 Å². The summed E-state index contributed by atoms with van der Waals surface area (Å²) in [6, 6.07) is 0. The third-order valence-corrected chi connectivity index (χ3v) is 8.52. The van der Waals surface area contributed by atoms with Crippen LogP contribution in [0.5, 0.6) is 0 Å². The molecular weight excluding hydrogens is 320 g/mol. The summed E-state index contributed by atoms with van der Waals surface area (Å²) in [4.78, 5) is 0. The Labute approximate surface area is 144 Å². The zero-order valence-electron chi connectivity index (χ0n) is 13.6. The van der Waals surface area contributed by atoms with Crippen LogP contribution in [-0.2, 0) is 0 Å². The van der Waals surface area contributed by atoms with E-state index < -0.39 is 0 Å². The predicted octanol–water partition coefficient (Wildman–Crippen LogP) is 6.77. The van der Waals surface area contributed by atoms with E-state index in [0.29, 0.717) is 9.16 Å². The minimum absolute atomic E-state index is 0.654. The Bertz CT molecular complexity index is 181. The number of hydrogen-bond acceptors (Lipinski definition) is 4. The molecule has 0 rings (SSSR count). The molecule has 0 nitrogen and oxygen atoms in total. The predicted molar refractivity (Wildman–Crippen MR) is 108 cm³/mol. The van der Waals surface area contributed by atoms with E-state index >= 15 is 0 Å². The summed E-state index contributed by atoms with van der Waals surface area (Å²) in [5, 5.41) is 0. The third kappa shape index (κ3) is 12.8. The molecule has 0 fully saturated rings. The summed E-state index contributed by atoms with van der Waals surface area (Å²) in [6.07, 6.45) is 10.1. The topological polar surface area (TPSA) is 0 Å². The highest BCUT2D eigenvalue weighted by Gasteiger charge is 2.08. The summed E-state index contributed by atoms with van der Waals surface area (Å²) in [5.74, 6) is 5.11. The maximum Gasteiger partial charge on any atom is 0.0682 e. The van der Waals surface area contributed by atoms with E-state index in [0.717, 1.165) is 0 Å². The molecule has 0 saturated carbocycles. The highest BCUT2D eigenvalue weighted by atomic mass is 32.2. The number of thioether (sulfide) groups is 4. The van der Waals surface area contributed by atoms with Crippen LogP contribution in [0.3, 0.4) is 0 Å². The standard InChI is InChI=1S/C16H32S4/c1-5-11-17-15(18-12-6-2)9-10-16(19-13-7-3)20-14-8-4/h9-10,15-16H,5-8,11-14H2,1-4H3/b10-9+. The van der Waals surface area contributed by atoms with Crippen molar-refractivity contribution < 1.29 is 0 Å². The Kier molecular flexibility index (Phi) is 17.5. The van der Waals surface area contributed by atoms with Crippen LogP contribution in [0.4, 0.5) is 0 Å². The van der Waals surface area contributed by atoms with E-state index in [4.69, 9.17) is 0 Å². The van der Waals surface area contributed by atoms with Gasteiger partial charge in [-0.05, 0) is 48.7 Å². The lowest BCUT2D eigenvalue weighted by molar-refractivity contribution is 1.10. The van der Waals surface area contributed by atoms with Crippen LogP contribution >= 0.6 is 47.0 Å². The molecule has 0 aliphatic carbocycles. The first-order chi connectivity index (χ1) is 9.78. The van der Waals surface area contributed by atoms with Crippen molar-refractivity contribution in [1.82, 2.24) is 0 Å². The van der Waals surface area contributed by atoms with Gasteiger partial charge in [-0.15, -0.1) is 47.0 Å². The summed E-state index contributed by atoms with van der Waals surface area (Å²) in [5.41, 5.74) is 0. The molecule has 0 amide bonds. The molecule has 0 aliphatic heterocycles. The fourth-order valence-corrected chi connectivity index (χ4v) is 6.04. The molecule has 0 atom stereocenters. The van der Waals surface area contributed by atoms with Gasteiger partial charge in [0.1, 0.15) is 0 Å². The Morgan fingerprint density at radius 3 is 1.00 bits per heavy atom. The highest BCUT2D eigenvalue weighted by molar-refractivity contribution is 8.17. The zero-order chi connectivity index (χ0) is 15.1. The van der Waals surface area contributed by atoms with Gasteiger partial charge in [0.05, 0.1) is 9.16 Å². The molecule has 0 spiro atoms. The maximum atomic E-state index is 2.47. The molecule has 20 heavy (non-hydrogen) atoms. The van der Waals surface area contributed by atoms with Gasteiger partial charge >= 0.3 is 0 Å². The fraction of sp³-hybridized carbons (Fsp3) is 0.875. The van der Waals surface area contributed by atoms with Crippen LogP contribution in [0.1, 0.15) is 53.4 Å².